The highest BCUT2D eigenvalue weighted by molar-refractivity contribution is 4.99. The number of hydrogen-bond donors (Lipinski definition) is 0. The molecule has 0 amide bonds. The van der Waals surface area contributed by atoms with Crippen LogP contribution in [0.25, 0.3) is 0 Å². The lowest BCUT2D eigenvalue weighted by molar-refractivity contribution is 0.149. The topological polar surface area (TPSA) is 0 Å². The fourth-order valence-electron chi connectivity index (χ4n) is 5.20. The van der Waals surface area contributed by atoms with Crippen molar-refractivity contribution in [3.05, 3.63) is 0 Å². The molecule has 2 aliphatic rings. The molecule has 4 unspecified atom stereocenters. The van der Waals surface area contributed by atoms with Crippen LogP contribution in [0.5, 0.6) is 0 Å². The van der Waals surface area contributed by atoms with E-state index >= 15 is 0 Å². The van der Waals surface area contributed by atoms with Gasteiger partial charge in [-0.1, -0.05) is 41.5 Å². The van der Waals surface area contributed by atoms with Crippen LogP contribution in [0.1, 0.15) is 67.2 Å². The first-order chi connectivity index (χ1) is 7.21. The SMILES string of the molecule is CC1CC(C)C(C2CC(C)(C)CC2(C)C)C1. The monoisotopic (exact) mass is 222 g/mol. The molecule has 0 N–H and O–H groups in total. The van der Waals surface area contributed by atoms with E-state index in [1.165, 1.54) is 25.7 Å². The zero-order chi connectivity index (χ0) is 12.1. The van der Waals surface area contributed by atoms with E-state index in [-0.39, 0.29) is 0 Å². The quantitative estimate of drug-likeness (QED) is 0.577. The minimum absolute atomic E-state index is 0.576. The van der Waals surface area contributed by atoms with Crippen LogP contribution in [0.2, 0.25) is 0 Å². The third-order valence-corrected chi connectivity index (χ3v) is 5.41. The summed E-state index contributed by atoms with van der Waals surface area (Å²) >= 11 is 0. The molecule has 0 heterocycles. The van der Waals surface area contributed by atoms with Crippen LogP contribution in [0.3, 0.4) is 0 Å². The molecule has 2 fully saturated rings. The fourth-order valence-corrected chi connectivity index (χ4v) is 5.20. The average Bonchev–Trinajstić information content (AvgIpc) is 2.48. The van der Waals surface area contributed by atoms with Gasteiger partial charge in [-0.3, -0.25) is 0 Å². The molecule has 4 atom stereocenters. The highest BCUT2D eigenvalue weighted by Crippen LogP contribution is 2.59. The fraction of sp³-hybridized carbons (Fsp3) is 1.00. The maximum atomic E-state index is 2.52. The second-order valence-electron chi connectivity index (χ2n) is 8.36. The zero-order valence-corrected chi connectivity index (χ0v) is 12.1. The summed E-state index contributed by atoms with van der Waals surface area (Å²) in [5, 5.41) is 0. The van der Waals surface area contributed by atoms with E-state index in [4.69, 9.17) is 0 Å². The Morgan fingerprint density at radius 3 is 1.94 bits per heavy atom. The van der Waals surface area contributed by atoms with E-state index in [1.54, 1.807) is 0 Å². The molecular weight excluding hydrogens is 192 g/mol. The van der Waals surface area contributed by atoms with Gasteiger partial charge in [0.25, 0.3) is 0 Å². The first-order valence-corrected chi connectivity index (χ1v) is 7.21. The molecule has 0 saturated heterocycles. The van der Waals surface area contributed by atoms with Crippen molar-refractivity contribution < 1.29 is 0 Å². The Morgan fingerprint density at radius 1 is 0.938 bits per heavy atom. The van der Waals surface area contributed by atoms with E-state index < -0.39 is 0 Å². The van der Waals surface area contributed by atoms with E-state index in [0.29, 0.717) is 10.8 Å². The van der Waals surface area contributed by atoms with Gasteiger partial charge in [-0.25, -0.2) is 0 Å². The third kappa shape index (κ3) is 2.17. The van der Waals surface area contributed by atoms with Crippen molar-refractivity contribution in [2.75, 3.05) is 0 Å². The minimum Gasteiger partial charge on any atom is -0.0625 e. The first kappa shape index (κ1) is 12.5. The summed E-state index contributed by atoms with van der Waals surface area (Å²) < 4.78 is 0. The Kier molecular flexibility index (Phi) is 2.92. The van der Waals surface area contributed by atoms with E-state index in [0.717, 1.165) is 23.7 Å². The van der Waals surface area contributed by atoms with Crippen molar-refractivity contribution in [3.63, 3.8) is 0 Å². The zero-order valence-electron chi connectivity index (χ0n) is 12.1. The van der Waals surface area contributed by atoms with Crippen LogP contribution in [0.15, 0.2) is 0 Å². The molecule has 0 spiro atoms. The molecule has 0 aromatic rings. The van der Waals surface area contributed by atoms with Gasteiger partial charge in [0.2, 0.25) is 0 Å². The summed E-state index contributed by atoms with van der Waals surface area (Å²) in [5.41, 5.74) is 1.16. The molecule has 0 bridgehead atoms. The largest absolute Gasteiger partial charge is 0.0625 e. The van der Waals surface area contributed by atoms with Crippen LogP contribution >= 0.6 is 0 Å². The van der Waals surface area contributed by atoms with Crippen LogP contribution in [-0.2, 0) is 0 Å². The third-order valence-electron chi connectivity index (χ3n) is 5.41. The van der Waals surface area contributed by atoms with E-state index in [2.05, 4.69) is 41.5 Å². The molecule has 2 rings (SSSR count). The lowest BCUT2D eigenvalue weighted by Gasteiger charge is -2.34. The lowest BCUT2D eigenvalue weighted by Crippen LogP contribution is -2.27. The van der Waals surface area contributed by atoms with Crippen LogP contribution in [-0.4, -0.2) is 0 Å². The van der Waals surface area contributed by atoms with Crippen molar-refractivity contribution in [3.8, 4) is 0 Å². The van der Waals surface area contributed by atoms with Crippen molar-refractivity contribution in [2.45, 2.75) is 67.2 Å². The van der Waals surface area contributed by atoms with Gasteiger partial charge in [0.15, 0.2) is 0 Å². The summed E-state index contributed by atoms with van der Waals surface area (Å²) in [6, 6.07) is 0. The summed E-state index contributed by atoms with van der Waals surface area (Å²) in [4.78, 5) is 0. The molecule has 0 aromatic carbocycles. The standard InChI is InChI=1S/C16H30/c1-11-7-12(2)13(8-11)14-9-15(3,4)10-16(14,5)6/h11-14H,7-10H2,1-6H3. The van der Waals surface area contributed by atoms with Gasteiger partial charge >= 0.3 is 0 Å². The van der Waals surface area contributed by atoms with Crippen molar-refractivity contribution in [1.29, 1.82) is 0 Å². The van der Waals surface area contributed by atoms with Crippen molar-refractivity contribution in [2.24, 2.45) is 34.5 Å². The van der Waals surface area contributed by atoms with E-state index in [9.17, 15) is 0 Å². The summed E-state index contributed by atoms with van der Waals surface area (Å²) in [7, 11) is 0. The Bertz CT molecular complexity index is 261. The van der Waals surface area contributed by atoms with Crippen LogP contribution in [0, 0.1) is 34.5 Å². The summed E-state index contributed by atoms with van der Waals surface area (Å²) in [5.74, 6) is 3.92. The van der Waals surface area contributed by atoms with Gasteiger partial charge in [-0.2, -0.15) is 0 Å². The van der Waals surface area contributed by atoms with E-state index in [1.807, 2.05) is 0 Å². The number of hydrogen-bond acceptors (Lipinski definition) is 0. The highest BCUT2D eigenvalue weighted by atomic mass is 14.5. The Labute approximate surface area is 102 Å². The summed E-state index contributed by atoms with van der Waals surface area (Å²) in [6.07, 6.45) is 5.84. The maximum absolute atomic E-state index is 2.52. The average molecular weight is 222 g/mol. The van der Waals surface area contributed by atoms with Crippen molar-refractivity contribution >= 4 is 0 Å². The van der Waals surface area contributed by atoms with Crippen molar-refractivity contribution in [1.82, 2.24) is 0 Å². The minimum atomic E-state index is 0.576. The van der Waals surface area contributed by atoms with Crippen LogP contribution < -0.4 is 0 Å². The van der Waals surface area contributed by atoms with Gasteiger partial charge in [-0.05, 0) is 60.2 Å². The molecule has 94 valence electrons. The molecule has 0 heteroatoms. The summed E-state index contributed by atoms with van der Waals surface area (Å²) in [6.45, 7) is 14.9. The number of rotatable bonds is 1. The molecule has 0 radical (unpaired) electrons. The van der Waals surface area contributed by atoms with Gasteiger partial charge in [0, 0.05) is 0 Å². The van der Waals surface area contributed by atoms with Gasteiger partial charge < -0.3 is 0 Å². The van der Waals surface area contributed by atoms with Gasteiger partial charge in [0.1, 0.15) is 0 Å². The smallest absolute Gasteiger partial charge is 0.0318 e. The predicted octanol–water partition coefficient (Wildman–Crippen LogP) is 5.13. The normalized spacial score (nSPS) is 46.1. The molecule has 16 heavy (non-hydrogen) atoms. The predicted molar refractivity (Wildman–Crippen MR) is 71.3 cm³/mol. The molecule has 2 aliphatic carbocycles. The molecule has 0 aliphatic heterocycles. The van der Waals surface area contributed by atoms with Gasteiger partial charge in [0.05, 0.1) is 0 Å². The Balaban J connectivity index is 2.15. The Morgan fingerprint density at radius 2 is 1.56 bits per heavy atom. The lowest BCUT2D eigenvalue weighted by atomic mass is 9.71. The molecular formula is C16H30. The molecule has 0 aromatic heterocycles. The van der Waals surface area contributed by atoms with Gasteiger partial charge in [-0.15, -0.1) is 0 Å². The first-order valence-electron chi connectivity index (χ1n) is 7.21. The van der Waals surface area contributed by atoms with Crippen LogP contribution in [0.4, 0.5) is 0 Å². The Hall–Kier alpha value is 0. The molecule has 0 nitrogen and oxygen atoms in total. The maximum Gasteiger partial charge on any atom is -0.0318 e. The second kappa shape index (κ2) is 3.75. The molecule has 2 saturated carbocycles. The second-order valence-corrected chi connectivity index (χ2v) is 8.36. The highest BCUT2D eigenvalue weighted by Gasteiger charge is 2.50.